The molecule has 0 aromatic heterocycles. The van der Waals surface area contributed by atoms with Crippen molar-refractivity contribution in [1.82, 2.24) is 0 Å². The second kappa shape index (κ2) is 5.05. The number of benzene rings is 1. The largest absolute Gasteiger partial charge is 0.288 e. The smallest absolute Gasteiger partial charge is 0.186 e. The van der Waals surface area contributed by atoms with Crippen molar-refractivity contribution < 1.29 is 4.79 Å². The van der Waals surface area contributed by atoms with Gasteiger partial charge in [-0.25, -0.2) is 0 Å². The molecule has 0 heterocycles. The van der Waals surface area contributed by atoms with Gasteiger partial charge in [-0.2, -0.15) is 0 Å². The average molecular weight is 228 g/mol. The molecule has 1 aromatic carbocycles. The van der Waals surface area contributed by atoms with Crippen LogP contribution in [0.3, 0.4) is 0 Å². The van der Waals surface area contributed by atoms with Crippen LogP contribution in [0, 0.1) is 11.8 Å². The van der Waals surface area contributed by atoms with Gasteiger partial charge < -0.3 is 0 Å². The molecular formula is C14H12OS. The minimum Gasteiger partial charge on any atom is -0.288 e. The van der Waals surface area contributed by atoms with E-state index >= 15 is 0 Å². The number of rotatable bonds is 1. The van der Waals surface area contributed by atoms with Crippen LogP contribution >= 0.6 is 11.8 Å². The SMILES string of the molecule is CC(=O)SCC#Cc1cccc2c1CC=C2. The minimum atomic E-state index is 0.120. The van der Waals surface area contributed by atoms with E-state index < -0.39 is 0 Å². The summed E-state index contributed by atoms with van der Waals surface area (Å²) < 4.78 is 0. The van der Waals surface area contributed by atoms with Gasteiger partial charge in [0.1, 0.15) is 0 Å². The Bertz CT molecular complexity index is 503. The lowest BCUT2D eigenvalue weighted by atomic mass is 10.0. The maximum absolute atomic E-state index is 10.7. The van der Waals surface area contributed by atoms with Crippen LogP contribution < -0.4 is 0 Å². The van der Waals surface area contributed by atoms with Crippen molar-refractivity contribution in [2.75, 3.05) is 5.75 Å². The number of carbonyl (C=O) groups excluding carboxylic acids is 1. The molecule has 0 bridgehead atoms. The Labute approximate surface area is 99.9 Å². The molecule has 0 fully saturated rings. The van der Waals surface area contributed by atoms with Crippen LogP contribution in [0.2, 0.25) is 0 Å². The second-order valence-corrected chi connectivity index (χ2v) is 4.71. The number of allylic oxidation sites excluding steroid dienone is 1. The van der Waals surface area contributed by atoms with Gasteiger partial charge in [0.2, 0.25) is 0 Å². The molecule has 1 nitrogen and oxygen atoms in total. The summed E-state index contributed by atoms with van der Waals surface area (Å²) in [6.07, 6.45) is 5.25. The summed E-state index contributed by atoms with van der Waals surface area (Å²) in [7, 11) is 0. The van der Waals surface area contributed by atoms with Gasteiger partial charge in [-0.15, -0.1) is 0 Å². The molecular weight excluding hydrogens is 216 g/mol. The summed E-state index contributed by atoms with van der Waals surface area (Å²) in [4.78, 5) is 10.7. The van der Waals surface area contributed by atoms with Gasteiger partial charge in [0.15, 0.2) is 5.12 Å². The third-order valence-corrected chi connectivity index (χ3v) is 3.10. The lowest BCUT2D eigenvalue weighted by molar-refractivity contribution is -0.109. The molecule has 2 heteroatoms. The first-order valence-electron chi connectivity index (χ1n) is 5.18. The maximum Gasteiger partial charge on any atom is 0.186 e. The van der Waals surface area contributed by atoms with E-state index in [0.29, 0.717) is 5.75 Å². The van der Waals surface area contributed by atoms with E-state index in [2.05, 4.69) is 30.1 Å². The molecule has 0 spiro atoms. The van der Waals surface area contributed by atoms with Crippen LogP contribution in [0.5, 0.6) is 0 Å². The molecule has 2 rings (SSSR count). The number of carbonyl (C=O) groups is 1. The van der Waals surface area contributed by atoms with Crippen molar-refractivity contribution in [3.63, 3.8) is 0 Å². The Balaban J connectivity index is 2.11. The summed E-state index contributed by atoms with van der Waals surface area (Å²) in [5, 5.41) is 0.120. The van der Waals surface area contributed by atoms with Crippen molar-refractivity contribution in [1.29, 1.82) is 0 Å². The van der Waals surface area contributed by atoms with Gasteiger partial charge in [0.05, 0.1) is 5.75 Å². The van der Waals surface area contributed by atoms with Crippen LogP contribution in [0.15, 0.2) is 24.3 Å². The molecule has 0 radical (unpaired) electrons. The first-order chi connectivity index (χ1) is 7.77. The van der Waals surface area contributed by atoms with Crippen molar-refractivity contribution in [3.8, 4) is 11.8 Å². The average Bonchev–Trinajstić information content (AvgIpc) is 2.72. The molecule has 0 amide bonds. The van der Waals surface area contributed by atoms with Crippen molar-refractivity contribution >= 4 is 23.0 Å². The highest BCUT2D eigenvalue weighted by molar-refractivity contribution is 8.13. The van der Waals surface area contributed by atoms with E-state index in [9.17, 15) is 4.79 Å². The van der Waals surface area contributed by atoms with Crippen LogP contribution in [0.4, 0.5) is 0 Å². The van der Waals surface area contributed by atoms with Gasteiger partial charge in [0.25, 0.3) is 0 Å². The van der Waals surface area contributed by atoms with Crippen LogP contribution in [0.25, 0.3) is 6.08 Å². The molecule has 0 saturated heterocycles. The van der Waals surface area contributed by atoms with Gasteiger partial charge in [-0.1, -0.05) is 47.9 Å². The molecule has 0 atom stereocenters. The molecule has 1 aromatic rings. The third kappa shape index (κ3) is 2.56. The Morgan fingerprint density at radius 2 is 2.38 bits per heavy atom. The van der Waals surface area contributed by atoms with Crippen molar-refractivity contribution in [3.05, 3.63) is 41.0 Å². The van der Waals surface area contributed by atoms with Crippen LogP contribution in [-0.2, 0) is 11.2 Å². The van der Waals surface area contributed by atoms with Gasteiger partial charge >= 0.3 is 0 Å². The Kier molecular flexibility index (Phi) is 3.48. The van der Waals surface area contributed by atoms with E-state index in [4.69, 9.17) is 0 Å². The molecule has 1 aliphatic rings. The quantitative estimate of drug-likeness (QED) is 0.687. The molecule has 0 saturated carbocycles. The van der Waals surface area contributed by atoms with E-state index in [1.807, 2.05) is 12.1 Å². The standard InChI is InChI=1S/C14H12OS/c1-11(15)16-10-4-8-13-6-2-5-12-7-3-9-14(12)13/h2-3,5-7H,9-10H2,1H3. The van der Waals surface area contributed by atoms with E-state index in [-0.39, 0.29) is 5.12 Å². The van der Waals surface area contributed by atoms with Gasteiger partial charge in [0, 0.05) is 12.5 Å². The fourth-order valence-corrected chi connectivity index (χ4v) is 2.03. The molecule has 80 valence electrons. The fraction of sp³-hybridized carbons (Fsp3) is 0.214. The summed E-state index contributed by atoms with van der Waals surface area (Å²) in [6.45, 7) is 1.57. The highest BCUT2D eigenvalue weighted by atomic mass is 32.2. The van der Waals surface area contributed by atoms with Crippen molar-refractivity contribution in [2.24, 2.45) is 0 Å². The Morgan fingerprint density at radius 1 is 1.50 bits per heavy atom. The summed E-state index contributed by atoms with van der Waals surface area (Å²) >= 11 is 1.26. The highest BCUT2D eigenvalue weighted by Gasteiger charge is 2.07. The second-order valence-electron chi connectivity index (χ2n) is 3.56. The predicted octanol–water partition coefficient (Wildman–Crippen LogP) is 2.89. The van der Waals surface area contributed by atoms with Crippen molar-refractivity contribution in [2.45, 2.75) is 13.3 Å². The monoisotopic (exact) mass is 228 g/mol. The van der Waals surface area contributed by atoms with E-state index in [0.717, 1.165) is 12.0 Å². The summed E-state index contributed by atoms with van der Waals surface area (Å²) in [6, 6.07) is 6.17. The molecule has 1 aliphatic carbocycles. The van der Waals surface area contributed by atoms with Crippen LogP contribution in [-0.4, -0.2) is 10.9 Å². The first kappa shape index (κ1) is 11.0. The summed E-state index contributed by atoms with van der Waals surface area (Å²) in [5.41, 5.74) is 3.67. The molecule has 0 aliphatic heterocycles. The molecule has 0 unspecified atom stereocenters. The molecule has 0 N–H and O–H groups in total. The topological polar surface area (TPSA) is 17.1 Å². The molecule has 16 heavy (non-hydrogen) atoms. The Morgan fingerprint density at radius 3 is 3.19 bits per heavy atom. The summed E-state index contributed by atoms with van der Waals surface area (Å²) in [5.74, 6) is 6.74. The number of hydrogen-bond acceptors (Lipinski definition) is 2. The zero-order valence-electron chi connectivity index (χ0n) is 9.12. The minimum absolute atomic E-state index is 0.120. The lowest BCUT2D eigenvalue weighted by Gasteiger charge is -2.00. The highest BCUT2D eigenvalue weighted by Crippen LogP contribution is 2.22. The number of fused-ring (bicyclic) bond motifs is 1. The Hall–Kier alpha value is -1.46. The first-order valence-corrected chi connectivity index (χ1v) is 6.16. The van der Waals surface area contributed by atoms with Gasteiger partial charge in [-0.05, 0) is 23.6 Å². The van der Waals surface area contributed by atoms with E-state index in [1.165, 1.54) is 22.9 Å². The van der Waals surface area contributed by atoms with E-state index in [1.54, 1.807) is 6.92 Å². The number of thioether (sulfide) groups is 1. The number of hydrogen-bond donors (Lipinski definition) is 0. The third-order valence-electron chi connectivity index (χ3n) is 2.40. The van der Waals surface area contributed by atoms with Crippen LogP contribution in [0.1, 0.15) is 23.6 Å². The predicted molar refractivity (Wildman–Crippen MR) is 69.2 cm³/mol. The maximum atomic E-state index is 10.7. The fourth-order valence-electron chi connectivity index (χ4n) is 1.68. The normalized spacial score (nSPS) is 11.8. The lowest BCUT2D eigenvalue weighted by Crippen LogP contribution is -1.88. The zero-order chi connectivity index (χ0) is 11.4. The zero-order valence-corrected chi connectivity index (χ0v) is 9.93. The van der Waals surface area contributed by atoms with Gasteiger partial charge in [-0.3, -0.25) is 4.79 Å².